The lowest BCUT2D eigenvalue weighted by molar-refractivity contribution is 0.581. The van der Waals surface area contributed by atoms with E-state index in [4.69, 9.17) is 0 Å². The minimum Gasteiger partial charge on any atom is -0.358 e. The van der Waals surface area contributed by atoms with E-state index in [9.17, 15) is 12.8 Å². The number of rotatable bonds is 6. The van der Waals surface area contributed by atoms with Crippen LogP contribution in [0.3, 0.4) is 0 Å². The standard InChI is InChI=1S/C20H19FN4O2S/c1-13-20(17-7-4-15(21)12-18(17)25-13)14-2-5-16(6-3-14)28(26,27)24-9-8-19-22-10-11-23-19/h2-7,10-12,24-25H,8-9H2,1H3,(H,22,23). The summed E-state index contributed by atoms with van der Waals surface area (Å²) in [4.78, 5) is 10.4. The number of nitrogens with zero attached hydrogens (tertiary/aromatic N) is 1. The van der Waals surface area contributed by atoms with Crippen molar-refractivity contribution in [1.82, 2.24) is 19.7 Å². The van der Waals surface area contributed by atoms with Gasteiger partial charge in [-0.2, -0.15) is 0 Å². The summed E-state index contributed by atoms with van der Waals surface area (Å²) in [5.74, 6) is 0.423. The number of aromatic nitrogens is 3. The SMILES string of the molecule is Cc1[nH]c2cc(F)ccc2c1-c1ccc(S(=O)(=O)NCCc2ncc[nH]2)cc1. The maximum Gasteiger partial charge on any atom is 0.240 e. The summed E-state index contributed by atoms with van der Waals surface area (Å²) in [5, 5.41) is 0.895. The number of hydrogen-bond donors (Lipinski definition) is 3. The zero-order valence-electron chi connectivity index (χ0n) is 15.2. The van der Waals surface area contributed by atoms with Crippen molar-refractivity contribution in [2.45, 2.75) is 18.2 Å². The summed E-state index contributed by atoms with van der Waals surface area (Å²) < 4.78 is 41.0. The number of sulfonamides is 1. The maximum absolute atomic E-state index is 13.5. The highest BCUT2D eigenvalue weighted by Gasteiger charge is 2.16. The van der Waals surface area contributed by atoms with Crippen molar-refractivity contribution in [2.75, 3.05) is 6.54 Å². The molecule has 0 bridgehead atoms. The Labute approximate surface area is 161 Å². The summed E-state index contributed by atoms with van der Waals surface area (Å²) in [6.45, 7) is 2.17. The zero-order chi connectivity index (χ0) is 19.7. The summed E-state index contributed by atoms with van der Waals surface area (Å²) in [6, 6.07) is 11.3. The highest BCUT2D eigenvalue weighted by atomic mass is 32.2. The Balaban J connectivity index is 1.56. The molecule has 0 atom stereocenters. The monoisotopic (exact) mass is 398 g/mol. The fourth-order valence-electron chi connectivity index (χ4n) is 3.30. The van der Waals surface area contributed by atoms with Crippen LogP contribution < -0.4 is 4.72 Å². The normalized spacial score (nSPS) is 11.9. The average molecular weight is 398 g/mol. The number of fused-ring (bicyclic) bond motifs is 1. The third-order valence-corrected chi connectivity index (χ3v) is 6.09. The molecule has 0 amide bonds. The van der Waals surface area contributed by atoms with Gasteiger partial charge in [0, 0.05) is 47.5 Å². The van der Waals surface area contributed by atoms with Crippen LogP contribution >= 0.6 is 0 Å². The molecule has 4 rings (SSSR count). The van der Waals surface area contributed by atoms with Gasteiger partial charge in [-0.1, -0.05) is 12.1 Å². The molecule has 6 nitrogen and oxygen atoms in total. The smallest absolute Gasteiger partial charge is 0.240 e. The quantitative estimate of drug-likeness (QED) is 0.464. The fraction of sp³-hybridized carbons (Fsp3) is 0.150. The van der Waals surface area contributed by atoms with E-state index in [1.807, 2.05) is 6.92 Å². The molecule has 0 radical (unpaired) electrons. The van der Waals surface area contributed by atoms with Crippen molar-refractivity contribution in [3.63, 3.8) is 0 Å². The molecular formula is C20H19FN4O2S. The predicted octanol–water partition coefficient (Wildman–Crippen LogP) is 3.53. The van der Waals surface area contributed by atoms with E-state index in [0.717, 1.165) is 28.0 Å². The van der Waals surface area contributed by atoms with Gasteiger partial charge < -0.3 is 9.97 Å². The minimum atomic E-state index is -3.61. The van der Waals surface area contributed by atoms with Crippen molar-refractivity contribution in [3.05, 3.63) is 72.2 Å². The number of imidazole rings is 1. The molecule has 2 heterocycles. The van der Waals surface area contributed by atoms with Crippen molar-refractivity contribution in [2.24, 2.45) is 0 Å². The molecule has 0 aliphatic carbocycles. The Morgan fingerprint density at radius 1 is 1.14 bits per heavy atom. The molecule has 28 heavy (non-hydrogen) atoms. The molecule has 0 aliphatic rings. The molecule has 0 saturated heterocycles. The Hall–Kier alpha value is -2.97. The van der Waals surface area contributed by atoms with Crippen LogP contribution in [0.25, 0.3) is 22.0 Å². The van der Waals surface area contributed by atoms with Gasteiger partial charge in [-0.05, 0) is 42.8 Å². The Kier molecular flexibility index (Phi) is 4.74. The average Bonchev–Trinajstić information content (AvgIpc) is 3.28. The number of hydrogen-bond acceptors (Lipinski definition) is 3. The number of aryl methyl sites for hydroxylation is 1. The van der Waals surface area contributed by atoms with Gasteiger partial charge in [-0.3, -0.25) is 0 Å². The van der Waals surface area contributed by atoms with E-state index in [-0.39, 0.29) is 17.3 Å². The first-order valence-corrected chi connectivity index (χ1v) is 10.3. The molecule has 0 saturated carbocycles. The molecule has 2 aromatic heterocycles. The second-order valence-corrected chi connectivity index (χ2v) is 8.29. The lowest BCUT2D eigenvalue weighted by Crippen LogP contribution is -2.26. The largest absolute Gasteiger partial charge is 0.358 e. The number of benzene rings is 2. The zero-order valence-corrected chi connectivity index (χ0v) is 16.0. The summed E-state index contributed by atoms with van der Waals surface area (Å²) in [7, 11) is -3.61. The molecule has 8 heteroatoms. The number of H-pyrrole nitrogens is 2. The molecule has 3 N–H and O–H groups in total. The van der Waals surface area contributed by atoms with E-state index in [2.05, 4.69) is 19.7 Å². The first kappa shape index (κ1) is 18.4. The molecule has 0 spiro atoms. The molecule has 0 fully saturated rings. The summed E-state index contributed by atoms with van der Waals surface area (Å²) >= 11 is 0. The van der Waals surface area contributed by atoms with Crippen LogP contribution in [-0.2, 0) is 16.4 Å². The highest BCUT2D eigenvalue weighted by Crippen LogP contribution is 2.32. The molecule has 2 aromatic carbocycles. The molecule has 0 aliphatic heterocycles. The number of nitrogens with one attached hydrogen (secondary N) is 3. The third kappa shape index (κ3) is 3.56. The predicted molar refractivity (Wildman–Crippen MR) is 106 cm³/mol. The van der Waals surface area contributed by atoms with E-state index in [0.29, 0.717) is 11.9 Å². The lowest BCUT2D eigenvalue weighted by atomic mass is 10.0. The minimum absolute atomic E-state index is 0.194. The first-order chi connectivity index (χ1) is 13.4. The van der Waals surface area contributed by atoms with Gasteiger partial charge in [0.25, 0.3) is 0 Å². The molecule has 4 aromatic rings. The van der Waals surface area contributed by atoms with Gasteiger partial charge in [0.05, 0.1) is 4.90 Å². The van der Waals surface area contributed by atoms with Gasteiger partial charge in [0.1, 0.15) is 11.6 Å². The van der Waals surface area contributed by atoms with E-state index >= 15 is 0 Å². The Morgan fingerprint density at radius 3 is 2.64 bits per heavy atom. The second kappa shape index (κ2) is 7.21. The van der Waals surface area contributed by atoms with Crippen LogP contribution in [0.15, 0.2) is 59.8 Å². The lowest BCUT2D eigenvalue weighted by Gasteiger charge is -2.08. The third-order valence-electron chi connectivity index (χ3n) is 4.61. The fourth-order valence-corrected chi connectivity index (χ4v) is 4.33. The first-order valence-electron chi connectivity index (χ1n) is 8.80. The molecule has 144 valence electrons. The van der Waals surface area contributed by atoms with Crippen LogP contribution in [0, 0.1) is 12.7 Å². The number of halogens is 1. The van der Waals surface area contributed by atoms with Crippen LogP contribution in [0.2, 0.25) is 0 Å². The van der Waals surface area contributed by atoms with E-state index < -0.39 is 10.0 Å². The van der Waals surface area contributed by atoms with Crippen LogP contribution in [0.5, 0.6) is 0 Å². The van der Waals surface area contributed by atoms with Gasteiger partial charge in [-0.15, -0.1) is 0 Å². The van der Waals surface area contributed by atoms with Crippen molar-refractivity contribution < 1.29 is 12.8 Å². The second-order valence-electron chi connectivity index (χ2n) is 6.52. The van der Waals surface area contributed by atoms with E-state index in [1.54, 1.807) is 42.7 Å². The molecular weight excluding hydrogens is 379 g/mol. The van der Waals surface area contributed by atoms with Crippen LogP contribution in [0.4, 0.5) is 4.39 Å². The van der Waals surface area contributed by atoms with Gasteiger partial charge >= 0.3 is 0 Å². The number of aromatic amines is 2. The van der Waals surface area contributed by atoms with Crippen molar-refractivity contribution in [3.8, 4) is 11.1 Å². The van der Waals surface area contributed by atoms with Crippen molar-refractivity contribution in [1.29, 1.82) is 0 Å². The Bertz CT molecular complexity index is 1210. The summed E-state index contributed by atoms with van der Waals surface area (Å²) in [6.07, 6.45) is 3.81. The maximum atomic E-state index is 13.5. The van der Waals surface area contributed by atoms with Gasteiger partial charge in [-0.25, -0.2) is 22.5 Å². The van der Waals surface area contributed by atoms with E-state index in [1.165, 1.54) is 12.1 Å². The Morgan fingerprint density at radius 2 is 1.93 bits per heavy atom. The van der Waals surface area contributed by atoms with Crippen molar-refractivity contribution >= 4 is 20.9 Å². The van der Waals surface area contributed by atoms with Crippen LogP contribution in [-0.4, -0.2) is 29.9 Å². The van der Waals surface area contributed by atoms with Crippen LogP contribution in [0.1, 0.15) is 11.5 Å². The van der Waals surface area contributed by atoms with Gasteiger partial charge in [0.2, 0.25) is 10.0 Å². The topological polar surface area (TPSA) is 90.6 Å². The summed E-state index contributed by atoms with van der Waals surface area (Å²) in [5.41, 5.74) is 3.41. The van der Waals surface area contributed by atoms with Gasteiger partial charge in [0.15, 0.2) is 0 Å². The highest BCUT2D eigenvalue weighted by molar-refractivity contribution is 7.89. The molecule has 0 unspecified atom stereocenters.